The van der Waals surface area contributed by atoms with E-state index in [1.165, 1.54) is 12.1 Å². The van der Waals surface area contributed by atoms with Crippen molar-refractivity contribution in [2.24, 2.45) is 11.8 Å². The molecule has 0 amide bonds. The van der Waals surface area contributed by atoms with E-state index in [0.717, 1.165) is 25.7 Å². The second kappa shape index (κ2) is 6.49. The molecule has 1 fully saturated rings. The molecule has 0 aromatic carbocycles. The number of rotatable bonds is 5. The molecule has 2 unspecified atom stereocenters. The van der Waals surface area contributed by atoms with Crippen molar-refractivity contribution in [3.05, 3.63) is 22.2 Å². The number of nitrogens with two attached hydrogens (primary N) is 1. The first-order valence-electron chi connectivity index (χ1n) is 6.64. The second-order valence-electron chi connectivity index (χ2n) is 4.98. The largest absolute Gasteiger partial charge is 0.396 e. The number of aliphatic hydroxyl groups excluding tert-OH is 1. The van der Waals surface area contributed by atoms with Gasteiger partial charge in [-0.2, -0.15) is 0 Å². The minimum atomic E-state index is -0.488. The maximum Gasteiger partial charge on any atom is 0.276 e. The average molecular weight is 281 g/mol. The molecule has 0 spiro atoms. The van der Waals surface area contributed by atoms with Gasteiger partial charge in [-0.25, -0.2) is 10.8 Å². The van der Waals surface area contributed by atoms with E-state index in [0.29, 0.717) is 5.82 Å². The van der Waals surface area contributed by atoms with E-state index < -0.39 is 4.92 Å². The molecule has 2 rings (SSSR count). The van der Waals surface area contributed by atoms with Crippen LogP contribution in [0, 0.1) is 16.0 Å². The Kier molecular flexibility index (Phi) is 4.70. The van der Waals surface area contributed by atoms with Crippen LogP contribution in [0.4, 0.5) is 17.3 Å². The molecule has 0 radical (unpaired) electrons. The van der Waals surface area contributed by atoms with Crippen LogP contribution in [-0.2, 0) is 0 Å². The average Bonchev–Trinajstić information content (AvgIpc) is 2.47. The summed E-state index contributed by atoms with van der Waals surface area (Å²) in [6, 6.07) is 2.73. The maximum atomic E-state index is 10.9. The molecular weight excluding hydrogens is 262 g/mol. The molecule has 0 bridgehead atoms. The number of hydrogen-bond donors (Lipinski definition) is 4. The van der Waals surface area contributed by atoms with Crippen LogP contribution in [-0.4, -0.2) is 27.7 Å². The third-order valence-corrected chi connectivity index (χ3v) is 3.65. The Bertz CT molecular complexity index is 482. The molecule has 2 atom stereocenters. The number of nitrogen functional groups attached to an aromatic ring is 1. The predicted octanol–water partition coefficient (Wildman–Crippen LogP) is 1.24. The van der Waals surface area contributed by atoms with Gasteiger partial charge in [-0.05, 0) is 12.8 Å². The van der Waals surface area contributed by atoms with Crippen LogP contribution in [0.5, 0.6) is 0 Å². The van der Waals surface area contributed by atoms with Crippen molar-refractivity contribution in [3.8, 4) is 0 Å². The van der Waals surface area contributed by atoms with Crippen LogP contribution in [0.15, 0.2) is 12.1 Å². The number of nitro groups is 1. The minimum Gasteiger partial charge on any atom is -0.396 e. The summed E-state index contributed by atoms with van der Waals surface area (Å²) in [6.07, 6.45) is 4.04. The van der Waals surface area contributed by atoms with Crippen LogP contribution >= 0.6 is 0 Å². The lowest BCUT2D eigenvalue weighted by Gasteiger charge is -2.31. The molecule has 1 aliphatic carbocycles. The van der Waals surface area contributed by atoms with Crippen molar-refractivity contribution < 1.29 is 10.0 Å². The summed E-state index contributed by atoms with van der Waals surface area (Å²) in [5.74, 6) is 6.06. The zero-order valence-corrected chi connectivity index (χ0v) is 11.1. The van der Waals surface area contributed by atoms with Gasteiger partial charge < -0.3 is 15.8 Å². The van der Waals surface area contributed by atoms with E-state index in [-0.39, 0.29) is 30.1 Å². The summed E-state index contributed by atoms with van der Waals surface area (Å²) < 4.78 is 0. The number of aromatic nitrogens is 1. The molecule has 8 nitrogen and oxygen atoms in total. The summed E-state index contributed by atoms with van der Waals surface area (Å²) in [7, 11) is 0. The van der Waals surface area contributed by atoms with Crippen molar-refractivity contribution in [2.45, 2.75) is 31.7 Å². The van der Waals surface area contributed by atoms with Gasteiger partial charge in [0.05, 0.1) is 17.1 Å². The number of aliphatic hydroxyl groups is 1. The van der Waals surface area contributed by atoms with Gasteiger partial charge >= 0.3 is 0 Å². The zero-order valence-electron chi connectivity index (χ0n) is 11.1. The van der Waals surface area contributed by atoms with E-state index >= 15 is 0 Å². The minimum absolute atomic E-state index is 0.0770. The van der Waals surface area contributed by atoms with Crippen molar-refractivity contribution in [1.82, 2.24) is 4.98 Å². The van der Waals surface area contributed by atoms with Crippen LogP contribution in [0.2, 0.25) is 0 Å². The van der Waals surface area contributed by atoms with E-state index in [9.17, 15) is 15.2 Å². The highest BCUT2D eigenvalue weighted by Crippen LogP contribution is 2.28. The number of nitrogens with one attached hydrogen (secondary N) is 2. The Labute approximate surface area is 116 Å². The maximum absolute atomic E-state index is 10.9. The number of pyridine rings is 1. The van der Waals surface area contributed by atoms with Gasteiger partial charge in [0, 0.05) is 18.6 Å². The Morgan fingerprint density at radius 1 is 1.40 bits per heavy atom. The molecule has 5 N–H and O–H groups in total. The highest BCUT2D eigenvalue weighted by atomic mass is 16.6. The summed E-state index contributed by atoms with van der Waals surface area (Å²) in [4.78, 5) is 14.6. The van der Waals surface area contributed by atoms with Gasteiger partial charge in [0.15, 0.2) is 0 Å². The van der Waals surface area contributed by atoms with Gasteiger partial charge in [0.1, 0.15) is 11.6 Å². The number of anilines is 2. The Balaban J connectivity index is 2.18. The first kappa shape index (κ1) is 14.5. The summed E-state index contributed by atoms with van der Waals surface area (Å²) in [5, 5.41) is 23.4. The van der Waals surface area contributed by atoms with E-state index in [2.05, 4.69) is 15.7 Å². The molecule has 8 heteroatoms. The lowest BCUT2D eigenvalue weighted by atomic mass is 9.85. The standard InChI is InChI=1S/C12H19N5O3/c13-16-12-6-9(17(19)20)5-11(15-12)14-10-4-2-1-3-8(10)7-18/h5-6,8,10,18H,1-4,7,13H2,(H2,14,15,16). The van der Waals surface area contributed by atoms with Crippen molar-refractivity contribution in [1.29, 1.82) is 0 Å². The number of hydrogen-bond acceptors (Lipinski definition) is 7. The van der Waals surface area contributed by atoms with E-state index in [1.54, 1.807) is 0 Å². The molecular formula is C12H19N5O3. The molecule has 20 heavy (non-hydrogen) atoms. The first-order valence-corrected chi connectivity index (χ1v) is 6.64. The fraction of sp³-hybridized carbons (Fsp3) is 0.583. The molecule has 110 valence electrons. The second-order valence-corrected chi connectivity index (χ2v) is 4.98. The van der Waals surface area contributed by atoms with E-state index in [4.69, 9.17) is 5.84 Å². The number of nitrogens with zero attached hydrogens (tertiary/aromatic N) is 2. The van der Waals surface area contributed by atoms with Gasteiger partial charge in [-0.15, -0.1) is 0 Å². The van der Waals surface area contributed by atoms with Gasteiger partial charge in [-0.3, -0.25) is 10.1 Å². The monoisotopic (exact) mass is 281 g/mol. The molecule has 1 saturated carbocycles. The summed E-state index contributed by atoms with van der Waals surface area (Å²) in [6.45, 7) is 0.106. The molecule has 1 aromatic heterocycles. The third kappa shape index (κ3) is 3.34. The fourth-order valence-electron chi connectivity index (χ4n) is 2.58. The Hall–Kier alpha value is -1.93. The fourth-order valence-corrected chi connectivity index (χ4v) is 2.58. The van der Waals surface area contributed by atoms with Crippen LogP contribution < -0.4 is 16.6 Å². The molecule has 1 aliphatic rings. The lowest BCUT2D eigenvalue weighted by molar-refractivity contribution is -0.384. The topological polar surface area (TPSA) is 126 Å². The summed E-state index contributed by atoms with van der Waals surface area (Å²) in [5.41, 5.74) is 2.24. The highest BCUT2D eigenvalue weighted by molar-refractivity contribution is 5.54. The smallest absolute Gasteiger partial charge is 0.276 e. The Morgan fingerprint density at radius 2 is 2.10 bits per heavy atom. The van der Waals surface area contributed by atoms with Gasteiger partial charge in [0.2, 0.25) is 0 Å². The quantitative estimate of drug-likeness (QED) is 0.363. The first-order chi connectivity index (χ1) is 9.63. The predicted molar refractivity (Wildman–Crippen MR) is 75.2 cm³/mol. The zero-order chi connectivity index (χ0) is 14.5. The van der Waals surface area contributed by atoms with Crippen molar-refractivity contribution >= 4 is 17.3 Å². The van der Waals surface area contributed by atoms with Crippen LogP contribution in [0.1, 0.15) is 25.7 Å². The van der Waals surface area contributed by atoms with Crippen LogP contribution in [0.3, 0.4) is 0 Å². The Morgan fingerprint density at radius 3 is 2.75 bits per heavy atom. The SMILES string of the molecule is NNc1cc([N+](=O)[O-])cc(NC2CCCCC2CO)n1. The van der Waals surface area contributed by atoms with Gasteiger partial charge in [0.25, 0.3) is 5.69 Å². The molecule has 1 heterocycles. The van der Waals surface area contributed by atoms with Crippen LogP contribution in [0.25, 0.3) is 0 Å². The number of hydrazine groups is 1. The molecule has 0 aliphatic heterocycles. The molecule has 0 saturated heterocycles. The van der Waals surface area contributed by atoms with E-state index in [1.807, 2.05) is 0 Å². The summed E-state index contributed by atoms with van der Waals surface area (Å²) >= 11 is 0. The van der Waals surface area contributed by atoms with Crippen molar-refractivity contribution in [3.63, 3.8) is 0 Å². The van der Waals surface area contributed by atoms with Gasteiger partial charge in [-0.1, -0.05) is 12.8 Å². The molecule has 1 aromatic rings. The van der Waals surface area contributed by atoms with Crippen molar-refractivity contribution in [2.75, 3.05) is 17.3 Å². The highest BCUT2D eigenvalue weighted by Gasteiger charge is 2.25. The lowest BCUT2D eigenvalue weighted by Crippen LogP contribution is -2.34. The third-order valence-electron chi connectivity index (χ3n) is 3.65. The normalized spacial score (nSPS) is 22.3.